The van der Waals surface area contributed by atoms with Crippen LogP contribution in [-0.2, 0) is 22.9 Å². The van der Waals surface area contributed by atoms with E-state index in [-0.39, 0.29) is 41.9 Å². The zero-order chi connectivity index (χ0) is 29.5. The Labute approximate surface area is 237 Å². The van der Waals surface area contributed by atoms with Crippen molar-refractivity contribution in [3.05, 3.63) is 29.6 Å². The van der Waals surface area contributed by atoms with Gasteiger partial charge in [-0.3, -0.25) is 0 Å². The van der Waals surface area contributed by atoms with Gasteiger partial charge in [0.05, 0.1) is 32.3 Å². The molecular weight excluding hydrogens is 533 g/mol. The van der Waals surface area contributed by atoms with Gasteiger partial charge in [0.1, 0.15) is 24.0 Å². The Hall–Kier alpha value is -1.44. The monoisotopic (exact) mass is 581 g/mol. The molecule has 0 bridgehead atoms. The molecular formula is C28H48N3O6PSi. The first-order chi connectivity index (χ1) is 18.2. The summed E-state index contributed by atoms with van der Waals surface area (Å²) in [7, 11) is -2.45. The molecule has 0 saturated carbocycles. The molecule has 1 aromatic heterocycles. The zero-order valence-corrected chi connectivity index (χ0v) is 27.5. The van der Waals surface area contributed by atoms with Crippen LogP contribution in [0.3, 0.4) is 0 Å². The second-order valence-electron chi connectivity index (χ2n) is 11.9. The Morgan fingerprint density at radius 1 is 1.23 bits per heavy atom. The van der Waals surface area contributed by atoms with Gasteiger partial charge in [-0.15, -0.1) is 0 Å². The summed E-state index contributed by atoms with van der Waals surface area (Å²) in [6.07, 6.45) is 1.00. The number of pyridine rings is 1. The third-order valence-corrected chi connectivity index (χ3v) is 13.9. The molecule has 2 rings (SSSR count). The summed E-state index contributed by atoms with van der Waals surface area (Å²) in [6.45, 7) is 21.9. The minimum atomic E-state index is -2.28. The molecule has 1 aliphatic heterocycles. The number of carbonyl (C=O) groups excluding carboxylic acids is 1. The van der Waals surface area contributed by atoms with E-state index in [1.807, 2.05) is 6.07 Å². The SMILES string of the molecule is CC[C@H]1O[C@@H](c2ccnc(C(=O)OC)c2)[C@H](O[Si](C)(C)C(C)(C)C)[C@@H]1OP(OCCC#N)N(C(C)C)C(C)C. The van der Waals surface area contributed by atoms with Crippen LogP contribution in [-0.4, -0.2) is 68.1 Å². The maximum Gasteiger partial charge on any atom is 0.356 e. The van der Waals surface area contributed by atoms with E-state index in [9.17, 15) is 4.79 Å². The lowest BCUT2D eigenvalue weighted by Crippen LogP contribution is -2.49. The van der Waals surface area contributed by atoms with Gasteiger partial charge in [0.25, 0.3) is 8.53 Å². The number of aromatic nitrogens is 1. The summed E-state index contributed by atoms with van der Waals surface area (Å²) in [5, 5.41) is 9.09. The van der Waals surface area contributed by atoms with Gasteiger partial charge < -0.3 is 22.9 Å². The highest BCUT2D eigenvalue weighted by Gasteiger charge is 2.52. The van der Waals surface area contributed by atoms with Crippen molar-refractivity contribution in [2.75, 3.05) is 13.7 Å². The lowest BCUT2D eigenvalue weighted by molar-refractivity contribution is 0.00708. The van der Waals surface area contributed by atoms with E-state index in [2.05, 4.69) is 84.2 Å². The first-order valence-corrected chi connectivity index (χ1v) is 17.8. The first-order valence-electron chi connectivity index (χ1n) is 13.8. The number of rotatable bonds is 13. The predicted octanol–water partition coefficient (Wildman–Crippen LogP) is 6.77. The predicted molar refractivity (Wildman–Crippen MR) is 156 cm³/mol. The van der Waals surface area contributed by atoms with Gasteiger partial charge in [-0.1, -0.05) is 27.7 Å². The Bertz CT molecular complexity index is 973. The fraction of sp³-hybridized carbons (Fsp3) is 0.750. The highest BCUT2D eigenvalue weighted by molar-refractivity contribution is 7.44. The summed E-state index contributed by atoms with van der Waals surface area (Å²) < 4.78 is 34.0. The Morgan fingerprint density at radius 3 is 2.38 bits per heavy atom. The summed E-state index contributed by atoms with van der Waals surface area (Å²) in [4.78, 5) is 16.5. The molecule has 5 atom stereocenters. The van der Waals surface area contributed by atoms with Crippen LogP contribution in [0.4, 0.5) is 0 Å². The van der Waals surface area contributed by atoms with E-state index in [4.69, 9.17) is 28.2 Å². The van der Waals surface area contributed by atoms with Gasteiger partial charge >= 0.3 is 5.97 Å². The van der Waals surface area contributed by atoms with Crippen LogP contribution in [0.25, 0.3) is 0 Å². The molecule has 0 N–H and O–H groups in total. The number of methoxy groups -OCH3 is 1. The lowest BCUT2D eigenvalue weighted by atomic mass is 10.0. The fourth-order valence-corrected chi connectivity index (χ4v) is 7.40. The number of hydrogen-bond acceptors (Lipinski definition) is 9. The molecule has 0 amide bonds. The quantitative estimate of drug-likeness (QED) is 0.108. The normalized spacial score (nSPS) is 22.9. The molecule has 220 valence electrons. The average Bonchev–Trinajstić information content (AvgIpc) is 3.18. The number of esters is 1. The van der Waals surface area contributed by atoms with Crippen molar-refractivity contribution < 1.29 is 27.7 Å². The molecule has 1 aliphatic rings. The van der Waals surface area contributed by atoms with E-state index < -0.39 is 41.1 Å². The molecule has 9 nitrogen and oxygen atoms in total. The number of nitriles is 1. The summed E-state index contributed by atoms with van der Waals surface area (Å²) in [5.41, 5.74) is 1.01. The second kappa shape index (κ2) is 14.4. The number of ether oxygens (including phenoxy) is 2. The molecule has 2 heterocycles. The number of nitrogens with zero attached hydrogens (tertiary/aromatic N) is 3. The average molecular weight is 582 g/mol. The molecule has 39 heavy (non-hydrogen) atoms. The summed E-state index contributed by atoms with van der Waals surface area (Å²) >= 11 is 0. The summed E-state index contributed by atoms with van der Waals surface area (Å²) in [6, 6.07) is 6.07. The molecule has 0 aliphatic carbocycles. The van der Waals surface area contributed by atoms with E-state index in [0.29, 0.717) is 6.42 Å². The zero-order valence-electron chi connectivity index (χ0n) is 25.6. The van der Waals surface area contributed by atoms with Crippen molar-refractivity contribution in [2.45, 2.75) is 123 Å². The molecule has 0 radical (unpaired) electrons. The highest BCUT2D eigenvalue weighted by Crippen LogP contribution is 2.52. The molecule has 0 spiro atoms. The second-order valence-corrected chi connectivity index (χ2v) is 18.1. The van der Waals surface area contributed by atoms with Gasteiger partial charge in [0, 0.05) is 18.3 Å². The molecule has 1 aromatic rings. The van der Waals surface area contributed by atoms with Crippen molar-refractivity contribution in [1.82, 2.24) is 9.65 Å². The standard InChI is InChI=1S/C28H48N3O6PSi/c1-12-23-25(36-38(34-17-13-15-29)31(19(2)3)20(4)5)26(37-39(10,11)28(6,7)8)24(35-23)21-14-16-30-22(18-21)27(32)33-9/h14,16,18-20,23-26H,12-13,17H2,1-11H3/t23-,24+,25-,26+,38?/m1/s1. The Kier molecular flexibility index (Phi) is 12.5. The third-order valence-electron chi connectivity index (χ3n) is 7.33. The van der Waals surface area contributed by atoms with Gasteiger partial charge in [0.15, 0.2) is 8.32 Å². The maximum atomic E-state index is 12.3. The van der Waals surface area contributed by atoms with Crippen LogP contribution in [0.5, 0.6) is 0 Å². The van der Waals surface area contributed by atoms with Gasteiger partial charge in [-0.25, -0.2) is 14.4 Å². The number of hydrogen-bond donors (Lipinski definition) is 0. The van der Waals surface area contributed by atoms with E-state index >= 15 is 0 Å². The smallest absolute Gasteiger partial charge is 0.356 e. The highest BCUT2D eigenvalue weighted by atomic mass is 31.2. The van der Waals surface area contributed by atoms with Gasteiger partial charge in [-0.2, -0.15) is 5.26 Å². The summed E-state index contributed by atoms with van der Waals surface area (Å²) in [5.74, 6) is -0.504. The van der Waals surface area contributed by atoms with Crippen LogP contribution in [0.15, 0.2) is 18.3 Å². The maximum absolute atomic E-state index is 12.3. The Morgan fingerprint density at radius 2 is 1.87 bits per heavy atom. The van der Waals surface area contributed by atoms with Crippen molar-refractivity contribution in [3.8, 4) is 6.07 Å². The minimum absolute atomic E-state index is 0.0439. The van der Waals surface area contributed by atoms with Crippen molar-refractivity contribution in [3.63, 3.8) is 0 Å². The van der Waals surface area contributed by atoms with E-state index in [0.717, 1.165) is 5.56 Å². The number of carbonyl (C=O) groups is 1. The van der Waals surface area contributed by atoms with Crippen LogP contribution < -0.4 is 0 Å². The molecule has 1 unspecified atom stereocenters. The van der Waals surface area contributed by atoms with Crippen LogP contribution in [0.1, 0.15) is 90.4 Å². The van der Waals surface area contributed by atoms with Gasteiger partial charge in [0.2, 0.25) is 0 Å². The van der Waals surface area contributed by atoms with Crippen molar-refractivity contribution >= 4 is 22.8 Å². The molecule has 0 aromatic carbocycles. The largest absolute Gasteiger partial charge is 0.464 e. The molecule has 11 heteroatoms. The Balaban J connectivity index is 2.58. The van der Waals surface area contributed by atoms with Crippen LogP contribution in [0.2, 0.25) is 18.1 Å². The lowest BCUT2D eigenvalue weighted by Gasteiger charge is -2.42. The fourth-order valence-electron chi connectivity index (χ4n) is 4.34. The van der Waals surface area contributed by atoms with Gasteiger partial charge in [-0.05, 0) is 69.9 Å². The minimum Gasteiger partial charge on any atom is -0.464 e. The third kappa shape index (κ3) is 8.53. The molecule has 1 saturated heterocycles. The van der Waals surface area contributed by atoms with Crippen LogP contribution in [0, 0.1) is 11.3 Å². The van der Waals surface area contributed by atoms with Crippen molar-refractivity contribution in [2.24, 2.45) is 0 Å². The topological polar surface area (TPSA) is 103 Å². The first kappa shape index (κ1) is 33.8. The van der Waals surface area contributed by atoms with E-state index in [1.165, 1.54) is 7.11 Å². The van der Waals surface area contributed by atoms with E-state index in [1.54, 1.807) is 12.3 Å². The molecule has 1 fully saturated rings. The van der Waals surface area contributed by atoms with Crippen LogP contribution >= 0.6 is 8.53 Å². The van der Waals surface area contributed by atoms with Crippen molar-refractivity contribution in [1.29, 1.82) is 5.26 Å².